The number of furan rings is 1. The van der Waals surface area contributed by atoms with Gasteiger partial charge in [-0.25, -0.2) is 0 Å². The van der Waals surface area contributed by atoms with Crippen LogP contribution in [0.4, 0.5) is 0 Å². The molecule has 1 fully saturated rings. The van der Waals surface area contributed by atoms with Crippen LogP contribution in [0.5, 0.6) is 0 Å². The zero-order chi connectivity index (χ0) is 19.0. The van der Waals surface area contributed by atoms with Crippen molar-refractivity contribution < 1.29 is 4.42 Å². The highest BCUT2D eigenvalue weighted by Crippen LogP contribution is 2.24. The average molecular weight is 491 g/mol. The van der Waals surface area contributed by atoms with Crippen LogP contribution in [0.15, 0.2) is 27.8 Å². The van der Waals surface area contributed by atoms with Crippen molar-refractivity contribution in [2.45, 2.75) is 51.6 Å². The third kappa shape index (κ3) is 7.62. The molecule has 0 aromatic carbocycles. The quantitative estimate of drug-likeness (QED) is 0.332. The molecule has 0 bridgehead atoms. The molecule has 2 rings (SSSR count). The standard InChI is InChI=1S/C20H37N5O.HI/c1-6-21-19(23-16-20(2,3)24(4)5)22-15-17(18-11-10-14-26-18)25-12-8-7-9-13-25;/h10-11,14,17H,6-9,12-13,15-16H2,1-5H3,(H2,21,22,23);1H. The molecule has 7 heteroatoms. The van der Waals surface area contributed by atoms with Crippen molar-refractivity contribution in [3.8, 4) is 0 Å². The van der Waals surface area contributed by atoms with Crippen molar-refractivity contribution in [3.05, 3.63) is 24.2 Å². The van der Waals surface area contributed by atoms with E-state index >= 15 is 0 Å². The van der Waals surface area contributed by atoms with Crippen molar-refractivity contribution in [1.82, 2.24) is 20.4 Å². The highest BCUT2D eigenvalue weighted by atomic mass is 127. The normalized spacial score (nSPS) is 17.5. The zero-order valence-electron chi connectivity index (χ0n) is 17.6. The molecule has 0 spiro atoms. The van der Waals surface area contributed by atoms with Crippen LogP contribution in [-0.4, -0.2) is 68.1 Å². The van der Waals surface area contributed by atoms with Gasteiger partial charge in [0.1, 0.15) is 5.76 Å². The van der Waals surface area contributed by atoms with Gasteiger partial charge in [0, 0.05) is 18.6 Å². The highest BCUT2D eigenvalue weighted by Gasteiger charge is 2.25. The molecule has 156 valence electrons. The lowest BCUT2D eigenvalue weighted by atomic mass is 10.1. The number of halogens is 1. The fourth-order valence-corrected chi connectivity index (χ4v) is 3.07. The zero-order valence-corrected chi connectivity index (χ0v) is 20.0. The van der Waals surface area contributed by atoms with Gasteiger partial charge in [-0.1, -0.05) is 6.42 Å². The smallest absolute Gasteiger partial charge is 0.191 e. The summed E-state index contributed by atoms with van der Waals surface area (Å²) in [4.78, 5) is 9.55. The minimum Gasteiger partial charge on any atom is -0.468 e. The number of nitrogens with one attached hydrogen (secondary N) is 2. The first-order chi connectivity index (χ1) is 12.4. The van der Waals surface area contributed by atoms with E-state index in [0.717, 1.165) is 44.4 Å². The molecule has 1 aliphatic heterocycles. The molecule has 2 heterocycles. The van der Waals surface area contributed by atoms with Crippen molar-refractivity contribution in [2.75, 3.05) is 46.8 Å². The number of rotatable bonds is 8. The van der Waals surface area contributed by atoms with Crippen LogP contribution < -0.4 is 10.6 Å². The van der Waals surface area contributed by atoms with E-state index in [-0.39, 0.29) is 35.6 Å². The Morgan fingerprint density at radius 1 is 1.26 bits per heavy atom. The van der Waals surface area contributed by atoms with Crippen molar-refractivity contribution in [3.63, 3.8) is 0 Å². The lowest BCUT2D eigenvalue weighted by Crippen LogP contribution is -2.46. The summed E-state index contributed by atoms with van der Waals surface area (Å²) in [5, 5.41) is 6.91. The lowest BCUT2D eigenvalue weighted by molar-refractivity contribution is 0.146. The van der Waals surface area contributed by atoms with Crippen molar-refractivity contribution >= 4 is 29.9 Å². The molecule has 6 nitrogen and oxygen atoms in total. The number of likely N-dealkylation sites (tertiary alicyclic amines) is 1. The van der Waals surface area contributed by atoms with Gasteiger partial charge in [0.25, 0.3) is 0 Å². The SMILES string of the molecule is CCNC(=NCC(C)(C)N(C)C)NCC(c1ccco1)N1CCCCC1.I. The molecule has 27 heavy (non-hydrogen) atoms. The molecule has 1 aliphatic rings. The molecular formula is C20H38IN5O. The molecule has 2 N–H and O–H groups in total. The summed E-state index contributed by atoms with van der Waals surface area (Å²) in [5.41, 5.74) is 0.0234. The van der Waals surface area contributed by atoms with E-state index in [1.54, 1.807) is 6.26 Å². The second-order valence-corrected chi connectivity index (χ2v) is 7.91. The maximum atomic E-state index is 5.74. The van der Waals surface area contributed by atoms with Gasteiger partial charge in [0.2, 0.25) is 0 Å². The van der Waals surface area contributed by atoms with Crippen molar-refractivity contribution in [1.29, 1.82) is 0 Å². The van der Waals surface area contributed by atoms with E-state index in [1.165, 1.54) is 19.3 Å². The highest BCUT2D eigenvalue weighted by molar-refractivity contribution is 14.0. The molecule has 0 aliphatic carbocycles. The number of guanidine groups is 1. The first-order valence-electron chi connectivity index (χ1n) is 9.91. The molecule has 1 saturated heterocycles. The van der Waals surface area contributed by atoms with E-state index in [4.69, 9.17) is 9.41 Å². The molecule has 1 atom stereocenters. The third-order valence-electron chi connectivity index (χ3n) is 5.34. The summed E-state index contributed by atoms with van der Waals surface area (Å²) < 4.78 is 5.74. The number of likely N-dealkylation sites (N-methyl/N-ethyl adjacent to an activating group) is 1. The fourth-order valence-electron chi connectivity index (χ4n) is 3.07. The summed E-state index contributed by atoms with van der Waals surface area (Å²) in [7, 11) is 4.19. The lowest BCUT2D eigenvalue weighted by Gasteiger charge is -2.34. The molecule has 1 unspecified atom stereocenters. The first kappa shape index (κ1) is 24.2. The molecule has 1 aromatic rings. The Hall–Kier alpha value is -0.800. The largest absolute Gasteiger partial charge is 0.468 e. The Balaban J connectivity index is 0.00000364. The van der Waals surface area contributed by atoms with Crippen LogP contribution in [0.2, 0.25) is 0 Å². The number of hydrogen-bond acceptors (Lipinski definition) is 4. The number of aliphatic imine (C=N–C) groups is 1. The predicted octanol–water partition coefficient (Wildman–Crippen LogP) is 3.32. The van der Waals surface area contributed by atoms with Crippen LogP contribution in [-0.2, 0) is 0 Å². The van der Waals surface area contributed by atoms with E-state index < -0.39 is 0 Å². The summed E-state index contributed by atoms with van der Waals surface area (Å²) in [6.07, 6.45) is 5.63. The number of piperidine rings is 1. The van der Waals surface area contributed by atoms with Gasteiger partial charge in [0.05, 0.1) is 18.8 Å². The molecule has 0 amide bonds. The van der Waals surface area contributed by atoms with Crippen LogP contribution in [0, 0.1) is 0 Å². The fraction of sp³-hybridized carbons (Fsp3) is 0.750. The minimum absolute atomic E-state index is 0. The van der Waals surface area contributed by atoms with Gasteiger partial charge >= 0.3 is 0 Å². The minimum atomic E-state index is 0. The summed E-state index contributed by atoms with van der Waals surface area (Å²) in [6, 6.07) is 4.31. The average Bonchev–Trinajstić information content (AvgIpc) is 3.15. The first-order valence-corrected chi connectivity index (χ1v) is 9.91. The Labute approximate surface area is 182 Å². The van der Waals surface area contributed by atoms with E-state index in [0.29, 0.717) is 0 Å². The van der Waals surface area contributed by atoms with Gasteiger partial charge in [-0.05, 0) is 72.9 Å². The topological polar surface area (TPSA) is 56.0 Å². The Morgan fingerprint density at radius 2 is 1.96 bits per heavy atom. The number of nitrogens with zero attached hydrogens (tertiary/aromatic N) is 3. The van der Waals surface area contributed by atoms with E-state index in [9.17, 15) is 0 Å². The van der Waals surface area contributed by atoms with E-state index in [1.807, 2.05) is 6.07 Å². The second kappa shape index (κ2) is 11.9. The van der Waals surface area contributed by atoms with E-state index in [2.05, 4.69) is 61.4 Å². The van der Waals surface area contributed by atoms with Gasteiger partial charge in [-0.3, -0.25) is 9.89 Å². The van der Waals surface area contributed by atoms with Gasteiger partial charge in [-0.2, -0.15) is 0 Å². The molecule has 1 aromatic heterocycles. The molecule has 0 saturated carbocycles. The Bertz CT molecular complexity index is 539. The van der Waals surface area contributed by atoms with Crippen LogP contribution in [0.25, 0.3) is 0 Å². The third-order valence-corrected chi connectivity index (χ3v) is 5.34. The molecular weight excluding hydrogens is 453 g/mol. The van der Waals surface area contributed by atoms with Gasteiger partial charge in [0.15, 0.2) is 5.96 Å². The summed E-state index contributed by atoms with van der Waals surface area (Å²) in [6.45, 7) is 11.2. The van der Waals surface area contributed by atoms with Crippen LogP contribution in [0.3, 0.4) is 0 Å². The number of hydrogen-bond donors (Lipinski definition) is 2. The maximum Gasteiger partial charge on any atom is 0.191 e. The Morgan fingerprint density at radius 3 is 2.52 bits per heavy atom. The van der Waals surface area contributed by atoms with Gasteiger partial charge < -0.3 is 20.0 Å². The summed E-state index contributed by atoms with van der Waals surface area (Å²) >= 11 is 0. The van der Waals surface area contributed by atoms with Crippen LogP contribution >= 0.6 is 24.0 Å². The van der Waals surface area contributed by atoms with Gasteiger partial charge in [-0.15, -0.1) is 24.0 Å². The predicted molar refractivity (Wildman–Crippen MR) is 124 cm³/mol. The monoisotopic (exact) mass is 491 g/mol. The maximum absolute atomic E-state index is 5.74. The summed E-state index contributed by atoms with van der Waals surface area (Å²) in [5.74, 6) is 1.90. The van der Waals surface area contributed by atoms with Crippen molar-refractivity contribution in [2.24, 2.45) is 4.99 Å². The Kier molecular flexibility index (Phi) is 10.7. The second-order valence-electron chi connectivity index (χ2n) is 7.91. The molecule has 0 radical (unpaired) electrons. The van der Waals surface area contributed by atoms with Crippen LogP contribution in [0.1, 0.15) is 51.8 Å².